The van der Waals surface area contributed by atoms with Gasteiger partial charge in [0.05, 0.1) is 25.9 Å². The predicted molar refractivity (Wildman–Crippen MR) is 65.4 cm³/mol. The maximum atomic E-state index is 9.45. The summed E-state index contributed by atoms with van der Waals surface area (Å²) in [7, 11) is 1.56. The molecule has 0 saturated heterocycles. The Hall–Kier alpha value is -1.26. The average Bonchev–Trinajstić information content (AvgIpc) is 2.28. The second-order valence-corrected chi connectivity index (χ2v) is 4.07. The number of aliphatic hydroxyl groups excluding tert-OH is 2. The number of benzene rings is 1. The van der Waals surface area contributed by atoms with E-state index in [-0.39, 0.29) is 6.10 Å². The normalized spacial score (nSPS) is 14.2. The zero-order valence-corrected chi connectivity index (χ0v) is 10.5. The largest absolute Gasteiger partial charge is 0.493 e. The number of aliphatic hydroxyl groups is 2. The number of hydrogen-bond acceptors (Lipinski definition) is 4. The first-order valence-electron chi connectivity index (χ1n) is 5.71. The number of hydrogen-bond donors (Lipinski definition) is 2. The van der Waals surface area contributed by atoms with Gasteiger partial charge in [0.25, 0.3) is 0 Å². The van der Waals surface area contributed by atoms with E-state index in [0.29, 0.717) is 24.5 Å². The van der Waals surface area contributed by atoms with Crippen LogP contribution in [0.1, 0.15) is 31.9 Å². The van der Waals surface area contributed by atoms with E-state index in [4.69, 9.17) is 14.6 Å². The van der Waals surface area contributed by atoms with Gasteiger partial charge in [-0.3, -0.25) is 0 Å². The van der Waals surface area contributed by atoms with Crippen LogP contribution in [0.3, 0.4) is 0 Å². The number of rotatable bonds is 6. The van der Waals surface area contributed by atoms with Gasteiger partial charge in [-0.05, 0) is 31.5 Å². The molecule has 4 heteroatoms. The quantitative estimate of drug-likeness (QED) is 0.797. The summed E-state index contributed by atoms with van der Waals surface area (Å²) in [6.45, 7) is 3.85. The molecule has 0 bridgehead atoms. The van der Waals surface area contributed by atoms with Crippen LogP contribution in [0.4, 0.5) is 0 Å². The Balaban J connectivity index is 2.71. The third-order valence-corrected chi connectivity index (χ3v) is 2.46. The van der Waals surface area contributed by atoms with Crippen LogP contribution in [0.5, 0.6) is 11.5 Å². The zero-order valence-electron chi connectivity index (χ0n) is 10.5. The summed E-state index contributed by atoms with van der Waals surface area (Å²) in [4.78, 5) is 0. The molecular weight excluding hydrogens is 220 g/mol. The Kier molecular flexibility index (Phi) is 5.25. The molecule has 1 aromatic rings. The van der Waals surface area contributed by atoms with Gasteiger partial charge in [0, 0.05) is 6.42 Å². The topological polar surface area (TPSA) is 58.9 Å². The van der Waals surface area contributed by atoms with Crippen molar-refractivity contribution in [2.75, 3.05) is 13.7 Å². The molecule has 0 aliphatic heterocycles. The lowest BCUT2D eigenvalue weighted by Gasteiger charge is -2.13. The van der Waals surface area contributed by atoms with Crippen LogP contribution in [0.25, 0.3) is 0 Å². The molecule has 0 aliphatic rings. The Morgan fingerprint density at radius 2 is 1.88 bits per heavy atom. The van der Waals surface area contributed by atoms with Crippen molar-refractivity contribution in [1.29, 1.82) is 0 Å². The molecule has 96 valence electrons. The fraction of sp³-hybridized carbons (Fsp3) is 0.538. The lowest BCUT2D eigenvalue weighted by atomic mass is 10.1. The monoisotopic (exact) mass is 240 g/mol. The fourth-order valence-electron chi connectivity index (χ4n) is 1.40. The van der Waals surface area contributed by atoms with E-state index >= 15 is 0 Å². The Labute approximate surface area is 102 Å². The molecule has 0 heterocycles. The van der Waals surface area contributed by atoms with Crippen molar-refractivity contribution >= 4 is 0 Å². The van der Waals surface area contributed by atoms with E-state index in [0.717, 1.165) is 5.56 Å². The van der Waals surface area contributed by atoms with Gasteiger partial charge in [0.15, 0.2) is 11.5 Å². The molecule has 0 amide bonds. The summed E-state index contributed by atoms with van der Waals surface area (Å²) in [5, 5.41) is 18.6. The SMILES string of the molecule is COc1cc([C@H](C)O)ccc1OCCC(C)O. The van der Waals surface area contributed by atoms with Gasteiger partial charge in [-0.2, -0.15) is 0 Å². The van der Waals surface area contributed by atoms with Gasteiger partial charge >= 0.3 is 0 Å². The van der Waals surface area contributed by atoms with E-state index in [9.17, 15) is 5.11 Å². The van der Waals surface area contributed by atoms with Crippen LogP contribution in [0.2, 0.25) is 0 Å². The second kappa shape index (κ2) is 6.47. The molecule has 0 spiro atoms. The highest BCUT2D eigenvalue weighted by atomic mass is 16.5. The minimum atomic E-state index is -0.532. The van der Waals surface area contributed by atoms with Crippen molar-refractivity contribution in [1.82, 2.24) is 0 Å². The maximum Gasteiger partial charge on any atom is 0.161 e. The molecule has 0 aromatic heterocycles. The standard InChI is InChI=1S/C13H20O4/c1-9(14)6-7-17-12-5-4-11(10(2)15)8-13(12)16-3/h4-5,8-10,14-15H,6-7H2,1-3H3/t9?,10-/m0/s1. The first-order valence-corrected chi connectivity index (χ1v) is 5.71. The fourth-order valence-corrected chi connectivity index (χ4v) is 1.40. The van der Waals surface area contributed by atoms with Crippen molar-refractivity contribution in [3.63, 3.8) is 0 Å². The van der Waals surface area contributed by atoms with Crippen LogP contribution < -0.4 is 9.47 Å². The van der Waals surface area contributed by atoms with Gasteiger partial charge in [-0.25, -0.2) is 0 Å². The Bertz CT molecular complexity index is 347. The van der Waals surface area contributed by atoms with E-state index in [2.05, 4.69) is 0 Å². The molecule has 0 aliphatic carbocycles. The molecule has 1 unspecified atom stereocenters. The van der Waals surface area contributed by atoms with E-state index in [1.165, 1.54) is 0 Å². The predicted octanol–water partition coefficient (Wildman–Crippen LogP) is 1.90. The highest BCUT2D eigenvalue weighted by Gasteiger charge is 2.09. The lowest BCUT2D eigenvalue weighted by Crippen LogP contribution is -2.08. The van der Waals surface area contributed by atoms with Crippen molar-refractivity contribution in [3.05, 3.63) is 23.8 Å². The summed E-state index contributed by atoms with van der Waals surface area (Å²) < 4.78 is 10.7. The summed E-state index contributed by atoms with van der Waals surface area (Å²) >= 11 is 0. The molecule has 2 atom stereocenters. The minimum Gasteiger partial charge on any atom is -0.493 e. The van der Waals surface area contributed by atoms with Crippen LogP contribution in [-0.2, 0) is 0 Å². The van der Waals surface area contributed by atoms with Gasteiger partial charge in [0.2, 0.25) is 0 Å². The molecule has 1 rings (SSSR count). The van der Waals surface area contributed by atoms with Gasteiger partial charge in [0.1, 0.15) is 0 Å². The van der Waals surface area contributed by atoms with Crippen molar-refractivity contribution in [2.45, 2.75) is 32.5 Å². The summed E-state index contributed by atoms with van der Waals surface area (Å²) in [5.74, 6) is 1.21. The second-order valence-electron chi connectivity index (χ2n) is 4.07. The van der Waals surface area contributed by atoms with E-state index in [1.807, 2.05) is 0 Å². The molecular formula is C13H20O4. The molecule has 0 radical (unpaired) electrons. The molecule has 0 fully saturated rings. The summed E-state index contributed by atoms with van der Waals surface area (Å²) in [6.07, 6.45) is -0.338. The molecule has 17 heavy (non-hydrogen) atoms. The van der Waals surface area contributed by atoms with Crippen molar-refractivity contribution < 1.29 is 19.7 Å². The maximum absolute atomic E-state index is 9.45. The van der Waals surface area contributed by atoms with Crippen molar-refractivity contribution in [3.8, 4) is 11.5 Å². The molecule has 2 N–H and O–H groups in total. The Morgan fingerprint density at radius 3 is 2.41 bits per heavy atom. The highest BCUT2D eigenvalue weighted by molar-refractivity contribution is 5.43. The Morgan fingerprint density at radius 1 is 1.18 bits per heavy atom. The highest BCUT2D eigenvalue weighted by Crippen LogP contribution is 2.30. The first-order chi connectivity index (χ1) is 8.04. The lowest BCUT2D eigenvalue weighted by molar-refractivity contribution is 0.154. The van der Waals surface area contributed by atoms with E-state index < -0.39 is 6.10 Å². The first kappa shape index (κ1) is 13.8. The zero-order chi connectivity index (χ0) is 12.8. The van der Waals surface area contributed by atoms with Crippen LogP contribution in [0.15, 0.2) is 18.2 Å². The van der Waals surface area contributed by atoms with Gasteiger partial charge < -0.3 is 19.7 Å². The van der Waals surface area contributed by atoms with Crippen LogP contribution in [-0.4, -0.2) is 30.0 Å². The smallest absolute Gasteiger partial charge is 0.161 e. The molecule has 4 nitrogen and oxygen atoms in total. The third kappa shape index (κ3) is 4.24. The molecule has 1 aromatic carbocycles. The summed E-state index contributed by atoms with van der Waals surface area (Å²) in [6, 6.07) is 5.32. The molecule has 0 saturated carbocycles. The average molecular weight is 240 g/mol. The van der Waals surface area contributed by atoms with E-state index in [1.54, 1.807) is 39.2 Å². The van der Waals surface area contributed by atoms with Crippen molar-refractivity contribution in [2.24, 2.45) is 0 Å². The van der Waals surface area contributed by atoms with Crippen LogP contribution >= 0.6 is 0 Å². The van der Waals surface area contributed by atoms with Gasteiger partial charge in [-0.15, -0.1) is 0 Å². The van der Waals surface area contributed by atoms with Crippen LogP contribution in [0, 0.1) is 0 Å². The number of ether oxygens (including phenoxy) is 2. The third-order valence-electron chi connectivity index (χ3n) is 2.46. The minimum absolute atomic E-state index is 0.377. The van der Waals surface area contributed by atoms with Gasteiger partial charge in [-0.1, -0.05) is 6.07 Å². The summed E-state index contributed by atoms with van der Waals surface area (Å²) in [5.41, 5.74) is 0.782. The number of methoxy groups -OCH3 is 1.